The van der Waals surface area contributed by atoms with Crippen molar-refractivity contribution in [2.45, 2.75) is 11.9 Å². The predicted octanol–water partition coefficient (Wildman–Crippen LogP) is 2.84. The molecule has 0 bridgehead atoms. The molecule has 0 spiro atoms. The molecule has 1 atom stereocenters. The van der Waals surface area contributed by atoms with E-state index in [1.54, 1.807) is 7.11 Å². The van der Waals surface area contributed by atoms with Gasteiger partial charge in [0.2, 0.25) is 0 Å². The van der Waals surface area contributed by atoms with Gasteiger partial charge in [0.15, 0.2) is 0 Å². The first-order valence-corrected chi connectivity index (χ1v) is 5.65. The number of aliphatic imine (C=N–C) groups is 1. The van der Waals surface area contributed by atoms with E-state index >= 15 is 0 Å². The van der Waals surface area contributed by atoms with Gasteiger partial charge in [0.1, 0.15) is 11.3 Å². The summed E-state index contributed by atoms with van der Waals surface area (Å²) in [4.78, 5) is 4.31. The van der Waals surface area contributed by atoms with Crippen LogP contribution in [-0.4, -0.2) is 24.2 Å². The third-order valence-corrected chi connectivity index (χ3v) is 2.94. The molecule has 1 aliphatic rings. The minimum Gasteiger partial charge on any atom is -0.497 e. The highest BCUT2D eigenvalue weighted by Crippen LogP contribution is 2.26. The number of rotatable bonds is 2. The summed E-state index contributed by atoms with van der Waals surface area (Å²) in [6.07, 6.45) is 0.731. The second kappa shape index (κ2) is 4.42. The number of benzene rings is 1. The summed E-state index contributed by atoms with van der Waals surface area (Å²) in [6, 6.07) is 5.89. The molecule has 0 amide bonds. The van der Waals surface area contributed by atoms with Gasteiger partial charge in [-0.3, -0.25) is 4.99 Å². The smallest absolute Gasteiger partial charge is 0.128 e. The highest BCUT2D eigenvalue weighted by atomic mass is 35.5. The first kappa shape index (κ1) is 10.8. The van der Waals surface area contributed by atoms with Gasteiger partial charge in [0.05, 0.1) is 18.7 Å². The number of halogens is 2. The maximum Gasteiger partial charge on any atom is 0.128 e. The van der Waals surface area contributed by atoms with Crippen molar-refractivity contribution in [3.8, 4) is 5.75 Å². The monoisotopic (exact) mass is 243 g/mol. The van der Waals surface area contributed by atoms with E-state index in [0.717, 1.165) is 29.0 Å². The van der Waals surface area contributed by atoms with Crippen LogP contribution in [0.2, 0.25) is 0 Å². The normalized spacial score (nSPS) is 19.4. The maximum absolute atomic E-state index is 6.03. The predicted molar refractivity (Wildman–Crippen MR) is 63.6 cm³/mol. The van der Waals surface area contributed by atoms with Gasteiger partial charge in [-0.15, -0.1) is 11.6 Å². The molecule has 1 aromatic rings. The van der Waals surface area contributed by atoms with E-state index in [4.69, 9.17) is 27.9 Å². The van der Waals surface area contributed by atoms with E-state index in [1.807, 2.05) is 18.2 Å². The third-order valence-electron chi connectivity index (χ3n) is 2.43. The maximum atomic E-state index is 6.03. The van der Waals surface area contributed by atoms with E-state index in [1.165, 1.54) is 0 Å². The van der Waals surface area contributed by atoms with Crippen LogP contribution < -0.4 is 4.74 Å². The van der Waals surface area contributed by atoms with Crippen molar-refractivity contribution < 1.29 is 4.74 Å². The van der Waals surface area contributed by atoms with Gasteiger partial charge in [0, 0.05) is 12.0 Å². The molecule has 80 valence electrons. The van der Waals surface area contributed by atoms with Crippen LogP contribution in [0.25, 0.3) is 0 Å². The Morgan fingerprint density at radius 2 is 2.33 bits per heavy atom. The Bertz CT molecular complexity index is 404. The van der Waals surface area contributed by atoms with Gasteiger partial charge in [0.25, 0.3) is 0 Å². The number of hydrogen-bond donors (Lipinski definition) is 0. The average molecular weight is 244 g/mol. The Balaban J connectivity index is 2.46. The van der Waals surface area contributed by atoms with Crippen molar-refractivity contribution in [3.63, 3.8) is 0 Å². The number of nitrogens with zero attached hydrogens (tertiary/aromatic N) is 1. The summed E-state index contributed by atoms with van der Waals surface area (Å²) in [6.45, 7) is 0. The summed E-state index contributed by atoms with van der Waals surface area (Å²) in [7, 11) is 1.65. The Kier molecular flexibility index (Phi) is 3.17. The lowest BCUT2D eigenvalue weighted by atomic mass is 9.98. The van der Waals surface area contributed by atoms with Crippen molar-refractivity contribution in [3.05, 3.63) is 29.3 Å². The third kappa shape index (κ3) is 2.11. The quantitative estimate of drug-likeness (QED) is 0.579. The van der Waals surface area contributed by atoms with Gasteiger partial charge < -0.3 is 4.74 Å². The molecule has 0 saturated carbocycles. The Hall–Kier alpha value is -0.730. The van der Waals surface area contributed by atoms with Crippen LogP contribution in [-0.2, 0) is 6.42 Å². The molecule has 2 rings (SSSR count). The first-order valence-electron chi connectivity index (χ1n) is 4.68. The lowest BCUT2D eigenvalue weighted by Gasteiger charge is -2.19. The minimum atomic E-state index is -0.210. The molecule has 0 aromatic heterocycles. The zero-order chi connectivity index (χ0) is 10.8. The van der Waals surface area contributed by atoms with Crippen LogP contribution in [0.5, 0.6) is 5.75 Å². The fourth-order valence-electron chi connectivity index (χ4n) is 1.72. The minimum absolute atomic E-state index is 0.210. The Labute approximate surface area is 98.9 Å². The average Bonchev–Trinajstić information content (AvgIpc) is 2.26. The summed E-state index contributed by atoms with van der Waals surface area (Å²) in [5.74, 6) is 1.23. The fourth-order valence-corrected chi connectivity index (χ4v) is 2.22. The summed E-state index contributed by atoms with van der Waals surface area (Å²) >= 11 is 11.9. The molecule has 2 nitrogen and oxygen atoms in total. The molecule has 15 heavy (non-hydrogen) atoms. The zero-order valence-corrected chi connectivity index (χ0v) is 9.85. The number of hydrogen-bond acceptors (Lipinski definition) is 2. The van der Waals surface area contributed by atoms with E-state index in [0.29, 0.717) is 5.88 Å². The number of alkyl halides is 2. The molecule has 1 heterocycles. The molecule has 4 heteroatoms. The molecule has 1 unspecified atom stereocenters. The van der Waals surface area contributed by atoms with Gasteiger partial charge in [-0.2, -0.15) is 0 Å². The first-order chi connectivity index (χ1) is 7.24. The van der Waals surface area contributed by atoms with Crippen LogP contribution >= 0.6 is 23.2 Å². The van der Waals surface area contributed by atoms with Crippen molar-refractivity contribution in [1.82, 2.24) is 0 Å². The highest BCUT2D eigenvalue weighted by molar-refractivity contribution is 6.33. The van der Waals surface area contributed by atoms with Crippen LogP contribution in [0.1, 0.15) is 11.1 Å². The van der Waals surface area contributed by atoms with E-state index in [9.17, 15) is 0 Å². The molecular weight excluding hydrogens is 233 g/mol. The second-order valence-corrected chi connectivity index (χ2v) is 4.14. The molecular formula is C11H11Cl2NO. The van der Waals surface area contributed by atoms with Crippen LogP contribution in [0.4, 0.5) is 0 Å². The van der Waals surface area contributed by atoms with Crippen molar-refractivity contribution >= 4 is 28.9 Å². The van der Waals surface area contributed by atoms with E-state index in [-0.39, 0.29) is 5.50 Å². The second-order valence-electron chi connectivity index (χ2n) is 3.37. The van der Waals surface area contributed by atoms with Crippen LogP contribution in [0.3, 0.4) is 0 Å². The molecule has 1 aromatic carbocycles. The highest BCUT2D eigenvalue weighted by Gasteiger charge is 2.19. The van der Waals surface area contributed by atoms with Gasteiger partial charge in [-0.05, 0) is 23.8 Å². The molecule has 1 aliphatic heterocycles. The van der Waals surface area contributed by atoms with Crippen molar-refractivity contribution in [1.29, 1.82) is 0 Å². The largest absolute Gasteiger partial charge is 0.497 e. The number of fused-ring (bicyclic) bond motifs is 1. The molecule has 0 saturated heterocycles. The molecule has 0 aliphatic carbocycles. The standard InChI is InChI=1S/C11H11Cl2NO/c1-15-8-2-3-9-7(4-8)5-11(13)14-10(9)6-12/h2-4,11H,5-6H2,1H3. The number of ether oxygens (including phenoxy) is 1. The molecule has 0 radical (unpaired) electrons. The Morgan fingerprint density at radius 3 is 3.00 bits per heavy atom. The van der Waals surface area contributed by atoms with Crippen molar-refractivity contribution in [2.24, 2.45) is 4.99 Å². The fraction of sp³-hybridized carbons (Fsp3) is 0.364. The van der Waals surface area contributed by atoms with E-state index < -0.39 is 0 Å². The van der Waals surface area contributed by atoms with Gasteiger partial charge in [-0.1, -0.05) is 11.6 Å². The van der Waals surface area contributed by atoms with Crippen molar-refractivity contribution in [2.75, 3.05) is 13.0 Å². The summed E-state index contributed by atoms with van der Waals surface area (Å²) in [5.41, 5.74) is 2.89. The van der Waals surface area contributed by atoms with Gasteiger partial charge in [-0.25, -0.2) is 0 Å². The van der Waals surface area contributed by atoms with Gasteiger partial charge >= 0.3 is 0 Å². The van der Waals surface area contributed by atoms with E-state index in [2.05, 4.69) is 4.99 Å². The lowest BCUT2D eigenvalue weighted by molar-refractivity contribution is 0.414. The topological polar surface area (TPSA) is 21.6 Å². The van der Waals surface area contributed by atoms with Crippen LogP contribution in [0, 0.1) is 0 Å². The number of methoxy groups -OCH3 is 1. The molecule has 0 N–H and O–H groups in total. The zero-order valence-electron chi connectivity index (χ0n) is 8.34. The summed E-state index contributed by atoms with van der Waals surface area (Å²) < 4.78 is 5.17. The SMILES string of the molecule is COc1ccc2c(c1)CC(Cl)N=C2CCl. The summed E-state index contributed by atoms with van der Waals surface area (Å²) in [5, 5.41) is 0. The Morgan fingerprint density at radius 1 is 1.53 bits per heavy atom. The lowest BCUT2D eigenvalue weighted by Crippen LogP contribution is -2.18. The molecule has 0 fully saturated rings. The van der Waals surface area contributed by atoms with Crippen LogP contribution in [0.15, 0.2) is 23.2 Å².